The Kier molecular flexibility index (Phi) is 6.39. The fourth-order valence-corrected chi connectivity index (χ4v) is 2.60. The number of ether oxygens (including phenoxy) is 1. The highest BCUT2D eigenvalue weighted by molar-refractivity contribution is 5.78. The van der Waals surface area contributed by atoms with E-state index in [-0.39, 0.29) is 24.6 Å². The molecule has 8 heteroatoms. The molecule has 2 rings (SSSR count). The fourth-order valence-electron chi connectivity index (χ4n) is 2.60. The third-order valence-electron chi connectivity index (χ3n) is 3.95. The van der Waals surface area contributed by atoms with Crippen molar-refractivity contribution >= 4 is 12.1 Å². The van der Waals surface area contributed by atoms with Crippen LogP contribution in [0.5, 0.6) is 0 Å². The molecule has 0 aromatic heterocycles. The number of hydrogen-bond acceptors (Lipinski definition) is 3. The number of benzene rings is 1. The van der Waals surface area contributed by atoms with Crippen molar-refractivity contribution in [3.8, 4) is 0 Å². The summed E-state index contributed by atoms with van der Waals surface area (Å²) in [4.78, 5) is 19.7. The molecule has 0 unspecified atom stereocenters. The molecule has 0 bridgehead atoms. The summed E-state index contributed by atoms with van der Waals surface area (Å²) in [5, 5.41) is 0. The predicted molar refractivity (Wildman–Crippen MR) is 95.9 cm³/mol. The second-order valence-electron chi connectivity index (χ2n) is 7.14. The summed E-state index contributed by atoms with van der Waals surface area (Å²) in [7, 11) is 0. The predicted octanol–water partition coefficient (Wildman–Crippen LogP) is 2.37. The van der Waals surface area contributed by atoms with Gasteiger partial charge in [0.15, 0.2) is 5.96 Å². The number of halogens is 2. The van der Waals surface area contributed by atoms with Crippen molar-refractivity contribution in [3.63, 3.8) is 0 Å². The average molecular weight is 368 g/mol. The highest BCUT2D eigenvalue weighted by Gasteiger charge is 2.26. The van der Waals surface area contributed by atoms with E-state index in [4.69, 9.17) is 10.5 Å². The smallest absolute Gasteiger partial charge is 0.410 e. The monoisotopic (exact) mass is 368 g/mol. The average Bonchev–Trinajstić information content (AvgIpc) is 2.56. The maximum absolute atomic E-state index is 13.6. The van der Waals surface area contributed by atoms with Gasteiger partial charge in [0.25, 0.3) is 0 Å². The summed E-state index contributed by atoms with van der Waals surface area (Å²) in [6.07, 6.45) is -0.209. The number of aliphatic imine (C=N–C) groups is 1. The Balaban J connectivity index is 1.83. The van der Waals surface area contributed by atoms with E-state index < -0.39 is 17.2 Å². The van der Waals surface area contributed by atoms with Crippen LogP contribution in [0.2, 0.25) is 0 Å². The molecule has 0 atom stereocenters. The maximum Gasteiger partial charge on any atom is 0.410 e. The molecule has 1 aliphatic heterocycles. The van der Waals surface area contributed by atoms with Gasteiger partial charge in [0.2, 0.25) is 0 Å². The van der Waals surface area contributed by atoms with E-state index >= 15 is 0 Å². The Morgan fingerprint density at radius 1 is 1.15 bits per heavy atom. The molecule has 1 heterocycles. The normalized spacial score (nSPS) is 16.0. The summed E-state index contributed by atoms with van der Waals surface area (Å²) < 4.78 is 32.5. The number of nitrogens with zero attached hydrogens (tertiary/aromatic N) is 3. The van der Waals surface area contributed by atoms with Crippen molar-refractivity contribution in [3.05, 3.63) is 35.4 Å². The number of nitrogens with two attached hydrogens (primary N) is 1. The van der Waals surface area contributed by atoms with Gasteiger partial charge in [-0.05, 0) is 39.3 Å². The number of carbonyl (C=O) groups excluding carboxylic acids is 1. The Hall–Kier alpha value is -2.38. The number of hydrogen-bond donors (Lipinski definition) is 1. The van der Waals surface area contributed by atoms with Crippen molar-refractivity contribution in [2.45, 2.75) is 32.8 Å². The van der Waals surface area contributed by atoms with E-state index in [1.165, 1.54) is 18.2 Å². The SMILES string of the molecule is CC(C)(C)OC(=O)N1CCN(C(N)=NCCc2c(F)cccc2F)CC1. The zero-order chi connectivity index (χ0) is 19.3. The lowest BCUT2D eigenvalue weighted by atomic mass is 10.1. The van der Waals surface area contributed by atoms with E-state index in [0.717, 1.165) is 0 Å². The Morgan fingerprint density at radius 2 is 1.69 bits per heavy atom. The second kappa shape index (κ2) is 8.33. The highest BCUT2D eigenvalue weighted by Crippen LogP contribution is 2.13. The first-order valence-electron chi connectivity index (χ1n) is 8.63. The second-order valence-corrected chi connectivity index (χ2v) is 7.14. The zero-order valence-electron chi connectivity index (χ0n) is 15.5. The molecule has 26 heavy (non-hydrogen) atoms. The molecular weight excluding hydrogens is 342 g/mol. The van der Waals surface area contributed by atoms with E-state index in [9.17, 15) is 13.6 Å². The molecule has 1 saturated heterocycles. The van der Waals surface area contributed by atoms with Crippen LogP contribution in [0.25, 0.3) is 0 Å². The number of guanidine groups is 1. The first-order valence-corrected chi connectivity index (χ1v) is 8.63. The summed E-state index contributed by atoms with van der Waals surface area (Å²) in [6.45, 7) is 7.68. The minimum atomic E-state index is -0.579. The van der Waals surface area contributed by atoms with Gasteiger partial charge >= 0.3 is 6.09 Å². The fraction of sp³-hybridized carbons (Fsp3) is 0.556. The van der Waals surface area contributed by atoms with Crippen LogP contribution in [0.1, 0.15) is 26.3 Å². The van der Waals surface area contributed by atoms with E-state index in [1.54, 1.807) is 4.90 Å². The van der Waals surface area contributed by atoms with Crippen LogP contribution in [-0.4, -0.2) is 60.2 Å². The largest absolute Gasteiger partial charge is 0.444 e. The van der Waals surface area contributed by atoms with Crippen molar-refractivity contribution < 1.29 is 18.3 Å². The van der Waals surface area contributed by atoms with Crippen LogP contribution < -0.4 is 5.73 Å². The van der Waals surface area contributed by atoms with Gasteiger partial charge in [-0.2, -0.15) is 0 Å². The number of rotatable bonds is 3. The molecule has 0 spiro atoms. The van der Waals surface area contributed by atoms with Crippen LogP contribution in [0.4, 0.5) is 13.6 Å². The molecule has 0 radical (unpaired) electrons. The lowest BCUT2D eigenvalue weighted by molar-refractivity contribution is 0.0186. The van der Waals surface area contributed by atoms with Gasteiger partial charge in [0.05, 0.1) is 0 Å². The molecule has 1 aliphatic rings. The van der Waals surface area contributed by atoms with E-state index in [0.29, 0.717) is 32.1 Å². The molecule has 1 amide bonds. The van der Waals surface area contributed by atoms with Crippen molar-refractivity contribution in [2.75, 3.05) is 32.7 Å². The van der Waals surface area contributed by atoms with Crippen LogP contribution in [-0.2, 0) is 11.2 Å². The molecule has 2 N–H and O–H groups in total. The van der Waals surface area contributed by atoms with Gasteiger partial charge in [-0.25, -0.2) is 13.6 Å². The van der Waals surface area contributed by atoms with Crippen LogP contribution in [0.3, 0.4) is 0 Å². The Labute approximate surface area is 152 Å². The molecule has 144 valence electrons. The zero-order valence-corrected chi connectivity index (χ0v) is 15.5. The lowest BCUT2D eigenvalue weighted by Crippen LogP contribution is -2.53. The molecule has 6 nitrogen and oxygen atoms in total. The molecule has 1 fully saturated rings. The minimum absolute atomic E-state index is 0.0128. The first-order chi connectivity index (χ1) is 12.2. The van der Waals surface area contributed by atoms with Crippen molar-refractivity contribution in [1.82, 2.24) is 9.80 Å². The van der Waals surface area contributed by atoms with Crippen LogP contribution >= 0.6 is 0 Å². The maximum atomic E-state index is 13.6. The van der Waals surface area contributed by atoms with Gasteiger partial charge < -0.3 is 20.3 Å². The molecule has 0 aliphatic carbocycles. The topological polar surface area (TPSA) is 71.2 Å². The van der Waals surface area contributed by atoms with Gasteiger partial charge in [-0.1, -0.05) is 6.07 Å². The van der Waals surface area contributed by atoms with Gasteiger partial charge in [0, 0.05) is 38.3 Å². The van der Waals surface area contributed by atoms with Gasteiger partial charge in [-0.3, -0.25) is 4.99 Å². The first kappa shape index (κ1) is 19.9. The summed E-state index contributed by atoms with van der Waals surface area (Å²) in [5.74, 6) is -0.847. The standard InChI is InChI=1S/C18H26F2N4O2/c1-18(2,3)26-17(25)24-11-9-23(10-12-24)16(21)22-8-7-13-14(19)5-4-6-15(13)20/h4-6H,7-12H2,1-3H3,(H2,21,22). The van der Waals surface area contributed by atoms with E-state index in [1.807, 2.05) is 25.7 Å². The molecule has 1 aromatic carbocycles. The third-order valence-corrected chi connectivity index (χ3v) is 3.95. The van der Waals surface area contributed by atoms with Gasteiger partial charge in [-0.15, -0.1) is 0 Å². The van der Waals surface area contributed by atoms with E-state index in [2.05, 4.69) is 4.99 Å². The minimum Gasteiger partial charge on any atom is -0.444 e. The van der Waals surface area contributed by atoms with Crippen molar-refractivity contribution in [2.24, 2.45) is 10.7 Å². The molecule has 0 saturated carbocycles. The lowest BCUT2D eigenvalue weighted by Gasteiger charge is -2.36. The Morgan fingerprint density at radius 3 is 2.23 bits per heavy atom. The third kappa shape index (κ3) is 5.57. The van der Waals surface area contributed by atoms with Crippen LogP contribution in [0.15, 0.2) is 23.2 Å². The highest BCUT2D eigenvalue weighted by atomic mass is 19.1. The van der Waals surface area contributed by atoms with Crippen molar-refractivity contribution in [1.29, 1.82) is 0 Å². The summed E-state index contributed by atoms with van der Waals surface area (Å²) in [5.41, 5.74) is 5.45. The summed E-state index contributed by atoms with van der Waals surface area (Å²) >= 11 is 0. The molecule has 1 aromatic rings. The summed E-state index contributed by atoms with van der Waals surface area (Å²) in [6, 6.07) is 3.78. The van der Waals surface area contributed by atoms with Crippen LogP contribution in [0, 0.1) is 11.6 Å². The number of piperazine rings is 1. The van der Waals surface area contributed by atoms with Gasteiger partial charge in [0.1, 0.15) is 17.2 Å². The number of carbonyl (C=O) groups is 1. The Bertz CT molecular complexity index is 645. The number of amides is 1. The molecular formula is C18H26F2N4O2. The quantitative estimate of drug-likeness (QED) is 0.657.